The molecule has 5 heteroatoms. The van der Waals surface area contributed by atoms with Crippen LogP contribution in [-0.2, 0) is 11.3 Å². The summed E-state index contributed by atoms with van der Waals surface area (Å²) in [7, 11) is 0. The van der Waals surface area contributed by atoms with Gasteiger partial charge in [0.15, 0.2) is 0 Å². The first-order chi connectivity index (χ1) is 11.1. The second-order valence-electron chi connectivity index (χ2n) is 6.29. The number of piperidine rings is 1. The molecule has 1 aromatic heterocycles. The Morgan fingerprint density at radius 2 is 2.17 bits per heavy atom. The van der Waals surface area contributed by atoms with Crippen molar-refractivity contribution in [2.75, 3.05) is 6.54 Å². The molecule has 0 aliphatic carbocycles. The highest BCUT2D eigenvalue weighted by Crippen LogP contribution is 2.23. The number of halogens is 1. The van der Waals surface area contributed by atoms with Gasteiger partial charge in [0, 0.05) is 30.8 Å². The van der Waals surface area contributed by atoms with Crippen molar-refractivity contribution in [1.29, 1.82) is 0 Å². The number of hydrogen-bond acceptors (Lipinski definition) is 2. The minimum atomic E-state index is 0.0910. The Labute approximate surface area is 144 Å². The normalized spacial score (nSPS) is 18.8. The van der Waals surface area contributed by atoms with Gasteiger partial charge in [0.1, 0.15) is 5.15 Å². The maximum atomic E-state index is 12.5. The third-order valence-corrected chi connectivity index (χ3v) is 5.01. The lowest BCUT2D eigenvalue weighted by Gasteiger charge is -2.34. The molecule has 0 bridgehead atoms. The van der Waals surface area contributed by atoms with E-state index >= 15 is 0 Å². The van der Waals surface area contributed by atoms with E-state index in [9.17, 15) is 4.79 Å². The molecule has 23 heavy (non-hydrogen) atoms. The van der Waals surface area contributed by atoms with Crippen molar-refractivity contribution in [3.63, 3.8) is 0 Å². The van der Waals surface area contributed by atoms with Crippen LogP contribution in [0.5, 0.6) is 0 Å². The summed E-state index contributed by atoms with van der Waals surface area (Å²) in [4.78, 5) is 14.5. The highest BCUT2D eigenvalue weighted by Gasteiger charge is 2.23. The average molecular weight is 338 g/mol. The van der Waals surface area contributed by atoms with Crippen LogP contribution in [0.3, 0.4) is 0 Å². The summed E-state index contributed by atoms with van der Waals surface area (Å²) in [6.07, 6.45) is 10.1. The molecule has 128 valence electrons. The van der Waals surface area contributed by atoms with Crippen LogP contribution < -0.4 is 0 Å². The number of unbranched alkanes of at least 4 members (excludes halogenated alkanes) is 1. The number of hydrogen-bond donors (Lipinski definition) is 0. The maximum Gasteiger partial charge on any atom is 0.246 e. The van der Waals surface area contributed by atoms with E-state index in [1.807, 2.05) is 22.6 Å². The van der Waals surface area contributed by atoms with Gasteiger partial charge < -0.3 is 4.90 Å². The fraction of sp³-hybridized carbons (Fsp3) is 0.667. The van der Waals surface area contributed by atoms with E-state index in [-0.39, 0.29) is 5.91 Å². The molecule has 1 saturated heterocycles. The minimum absolute atomic E-state index is 0.0910. The molecule has 0 aromatic carbocycles. The predicted molar refractivity (Wildman–Crippen MR) is 95.6 cm³/mol. The van der Waals surface area contributed by atoms with Gasteiger partial charge in [-0.25, -0.2) is 0 Å². The van der Waals surface area contributed by atoms with Crippen LogP contribution in [0.25, 0.3) is 6.08 Å². The molecule has 4 nitrogen and oxygen atoms in total. The van der Waals surface area contributed by atoms with Gasteiger partial charge in [0.25, 0.3) is 0 Å². The van der Waals surface area contributed by atoms with Crippen LogP contribution in [0.4, 0.5) is 0 Å². The number of rotatable bonds is 6. The van der Waals surface area contributed by atoms with E-state index in [4.69, 9.17) is 11.6 Å². The summed E-state index contributed by atoms with van der Waals surface area (Å²) in [5, 5.41) is 5.11. The number of nitrogens with zero attached hydrogens (tertiary/aromatic N) is 3. The number of carbonyl (C=O) groups is 1. The topological polar surface area (TPSA) is 38.1 Å². The summed E-state index contributed by atoms with van der Waals surface area (Å²) < 4.78 is 1.83. The van der Waals surface area contributed by atoms with Crippen LogP contribution in [0.2, 0.25) is 5.15 Å². The highest BCUT2D eigenvalue weighted by atomic mass is 35.5. The third kappa shape index (κ3) is 4.37. The summed E-state index contributed by atoms with van der Waals surface area (Å²) in [6, 6.07) is 0.379. The quantitative estimate of drug-likeness (QED) is 0.719. The van der Waals surface area contributed by atoms with Crippen LogP contribution in [0, 0.1) is 6.92 Å². The van der Waals surface area contributed by atoms with E-state index in [0.29, 0.717) is 11.2 Å². The molecular weight excluding hydrogens is 310 g/mol. The molecule has 2 rings (SSSR count). The first kappa shape index (κ1) is 18.1. The highest BCUT2D eigenvalue weighted by molar-refractivity contribution is 6.31. The SMILES string of the molecule is CCCCn1nc(C)c(/C=C/C(=O)N2CCCCC2CC)c1Cl. The zero-order chi connectivity index (χ0) is 16.8. The lowest BCUT2D eigenvalue weighted by atomic mass is 10.00. The van der Waals surface area contributed by atoms with Gasteiger partial charge in [-0.15, -0.1) is 0 Å². The molecule has 0 N–H and O–H groups in total. The monoisotopic (exact) mass is 337 g/mol. The zero-order valence-corrected chi connectivity index (χ0v) is 15.3. The maximum absolute atomic E-state index is 12.5. The summed E-state index contributed by atoms with van der Waals surface area (Å²) in [6.45, 7) is 7.92. The number of amides is 1. The number of carbonyl (C=O) groups excluding carboxylic acids is 1. The molecule has 1 fully saturated rings. The van der Waals surface area contributed by atoms with Crippen molar-refractivity contribution in [1.82, 2.24) is 14.7 Å². The van der Waals surface area contributed by atoms with Gasteiger partial charge in [-0.3, -0.25) is 9.48 Å². The van der Waals surface area contributed by atoms with Gasteiger partial charge in [0.05, 0.1) is 5.69 Å². The average Bonchev–Trinajstić information content (AvgIpc) is 2.84. The Bertz CT molecular complexity index is 565. The molecule has 1 amide bonds. The summed E-state index contributed by atoms with van der Waals surface area (Å²) in [5.41, 5.74) is 1.74. The molecule has 0 radical (unpaired) electrons. The molecule has 0 saturated carbocycles. The van der Waals surface area contributed by atoms with Crippen LogP contribution in [0.15, 0.2) is 6.08 Å². The Morgan fingerprint density at radius 1 is 1.39 bits per heavy atom. The Kier molecular flexibility index (Phi) is 6.70. The van der Waals surface area contributed by atoms with E-state index < -0.39 is 0 Å². The van der Waals surface area contributed by atoms with Crippen molar-refractivity contribution < 1.29 is 4.79 Å². The summed E-state index contributed by atoms with van der Waals surface area (Å²) >= 11 is 6.41. The molecule has 1 unspecified atom stereocenters. The number of likely N-dealkylation sites (tertiary alicyclic amines) is 1. The van der Waals surface area contributed by atoms with E-state index in [0.717, 1.165) is 56.5 Å². The largest absolute Gasteiger partial charge is 0.336 e. The number of aromatic nitrogens is 2. The van der Waals surface area contributed by atoms with Gasteiger partial charge in [0.2, 0.25) is 5.91 Å². The standard InChI is InChI=1S/C18H28ClN3O/c1-4-6-13-22-18(19)16(14(3)20-22)10-11-17(23)21-12-8-7-9-15(21)5-2/h10-11,15H,4-9,12-13H2,1-3H3/b11-10+. The van der Waals surface area contributed by atoms with Gasteiger partial charge >= 0.3 is 0 Å². The van der Waals surface area contributed by atoms with Crippen LogP contribution >= 0.6 is 11.6 Å². The first-order valence-electron chi connectivity index (χ1n) is 8.80. The Balaban J connectivity index is 2.10. The molecule has 1 aliphatic heterocycles. The lowest BCUT2D eigenvalue weighted by molar-refractivity contribution is -0.129. The van der Waals surface area contributed by atoms with E-state index in [2.05, 4.69) is 18.9 Å². The first-order valence-corrected chi connectivity index (χ1v) is 9.17. The molecule has 1 atom stereocenters. The second kappa shape index (κ2) is 8.53. The second-order valence-corrected chi connectivity index (χ2v) is 6.65. The van der Waals surface area contributed by atoms with Crippen molar-refractivity contribution >= 4 is 23.6 Å². The van der Waals surface area contributed by atoms with Crippen LogP contribution in [0.1, 0.15) is 63.6 Å². The zero-order valence-electron chi connectivity index (χ0n) is 14.5. The van der Waals surface area contributed by atoms with Crippen LogP contribution in [-0.4, -0.2) is 33.2 Å². The summed E-state index contributed by atoms with van der Waals surface area (Å²) in [5.74, 6) is 0.0910. The van der Waals surface area contributed by atoms with Gasteiger partial charge in [-0.2, -0.15) is 5.10 Å². The van der Waals surface area contributed by atoms with Crippen molar-refractivity contribution in [2.45, 2.75) is 71.9 Å². The fourth-order valence-corrected chi connectivity index (χ4v) is 3.50. The number of aryl methyl sites for hydroxylation is 2. The van der Waals surface area contributed by atoms with E-state index in [1.54, 1.807) is 6.08 Å². The predicted octanol–water partition coefficient (Wildman–Crippen LogP) is 4.45. The molecule has 0 spiro atoms. The molecule has 1 aromatic rings. The molecule has 1 aliphatic rings. The fourth-order valence-electron chi connectivity index (χ4n) is 3.18. The van der Waals surface area contributed by atoms with Gasteiger partial charge in [-0.1, -0.05) is 31.9 Å². The smallest absolute Gasteiger partial charge is 0.246 e. The minimum Gasteiger partial charge on any atom is -0.336 e. The van der Waals surface area contributed by atoms with Crippen molar-refractivity contribution in [3.05, 3.63) is 22.5 Å². The van der Waals surface area contributed by atoms with Crippen molar-refractivity contribution in [2.24, 2.45) is 0 Å². The van der Waals surface area contributed by atoms with E-state index in [1.165, 1.54) is 6.42 Å². The molecular formula is C18H28ClN3O. The third-order valence-electron chi connectivity index (χ3n) is 4.61. The Hall–Kier alpha value is -1.29. The van der Waals surface area contributed by atoms with Crippen molar-refractivity contribution in [3.8, 4) is 0 Å². The Morgan fingerprint density at radius 3 is 2.87 bits per heavy atom. The lowest BCUT2D eigenvalue weighted by Crippen LogP contribution is -2.42. The van der Waals surface area contributed by atoms with Gasteiger partial charge in [-0.05, 0) is 45.1 Å². The molecule has 2 heterocycles.